The van der Waals surface area contributed by atoms with Gasteiger partial charge in [0.2, 0.25) is 0 Å². The van der Waals surface area contributed by atoms with Crippen LogP contribution in [0, 0.1) is 0 Å². The fourth-order valence-electron chi connectivity index (χ4n) is 2.57. The molecule has 0 aromatic carbocycles. The molecule has 0 spiro atoms. The molecular formula is C15H25N3O. The molecule has 0 saturated carbocycles. The van der Waals surface area contributed by atoms with Crippen LogP contribution in [-0.4, -0.2) is 54.8 Å². The van der Waals surface area contributed by atoms with Gasteiger partial charge in [0.1, 0.15) is 0 Å². The molecule has 1 aromatic heterocycles. The fraction of sp³-hybridized carbons (Fsp3) is 0.667. The number of aromatic nitrogens is 1. The van der Waals surface area contributed by atoms with Crippen molar-refractivity contribution in [2.24, 2.45) is 0 Å². The smallest absolute Gasteiger partial charge is 0.0859 e. The minimum Gasteiger partial charge on any atom is -0.374 e. The Balaban J connectivity index is 1.97. The highest BCUT2D eigenvalue weighted by molar-refractivity contribution is 5.06. The monoisotopic (exact) mass is 263 g/mol. The second kappa shape index (κ2) is 6.98. The van der Waals surface area contributed by atoms with Crippen LogP contribution < -0.4 is 5.32 Å². The number of morpholine rings is 1. The number of ether oxygens (including phenoxy) is 1. The van der Waals surface area contributed by atoms with E-state index < -0.39 is 0 Å². The molecule has 106 valence electrons. The molecule has 0 amide bonds. The molecule has 1 aliphatic heterocycles. The number of likely N-dealkylation sites (N-methyl/N-ethyl adjacent to an activating group) is 1. The molecule has 4 heteroatoms. The van der Waals surface area contributed by atoms with Gasteiger partial charge in [-0.05, 0) is 33.0 Å². The molecule has 0 aliphatic carbocycles. The SMILES string of the molecule is CNC(Cc1ccccn1)C1CN(C(C)C)CCO1. The Kier molecular flexibility index (Phi) is 5.31. The lowest BCUT2D eigenvalue weighted by atomic mass is 10.0. The molecule has 1 aliphatic rings. The van der Waals surface area contributed by atoms with Crippen LogP contribution in [0.15, 0.2) is 24.4 Å². The quantitative estimate of drug-likeness (QED) is 0.869. The molecule has 2 rings (SSSR count). The molecule has 2 heterocycles. The first kappa shape index (κ1) is 14.4. The van der Waals surface area contributed by atoms with Gasteiger partial charge in [-0.2, -0.15) is 0 Å². The van der Waals surface area contributed by atoms with Gasteiger partial charge >= 0.3 is 0 Å². The van der Waals surface area contributed by atoms with Crippen LogP contribution in [0.2, 0.25) is 0 Å². The maximum Gasteiger partial charge on any atom is 0.0859 e. The van der Waals surface area contributed by atoms with Gasteiger partial charge in [-0.1, -0.05) is 6.07 Å². The van der Waals surface area contributed by atoms with E-state index in [1.165, 1.54) is 0 Å². The summed E-state index contributed by atoms with van der Waals surface area (Å²) in [6.07, 6.45) is 3.00. The van der Waals surface area contributed by atoms with Crippen molar-refractivity contribution in [3.05, 3.63) is 30.1 Å². The molecule has 0 radical (unpaired) electrons. The Morgan fingerprint density at radius 1 is 1.47 bits per heavy atom. The van der Waals surface area contributed by atoms with Crippen molar-refractivity contribution < 1.29 is 4.74 Å². The molecule has 2 atom stereocenters. The van der Waals surface area contributed by atoms with Crippen molar-refractivity contribution in [2.45, 2.75) is 38.5 Å². The number of hydrogen-bond donors (Lipinski definition) is 1. The predicted molar refractivity (Wildman–Crippen MR) is 77.2 cm³/mol. The summed E-state index contributed by atoms with van der Waals surface area (Å²) in [6.45, 7) is 7.35. The Hall–Kier alpha value is -0.970. The Bertz CT molecular complexity index is 369. The zero-order valence-corrected chi connectivity index (χ0v) is 12.2. The minimum atomic E-state index is 0.239. The molecule has 1 fully saturated rings. The average Bonchev–Trinajstić information content (AvgIpc) is 2.46. The van der Waals surface area contributed by atoms with Crippen LogP contribution in [-0.2, 0) is 11.2 Å². The van der Waals surface area contributed by atoms with Crippen LogP contribution in [0.25, 0.3) is 0 Å². The van der Waals surface area contributed by atoms with E-state index in [1.807, 2.05) is 25.4 Å². The fourth-order valence-corrected chi connectivity index (χ4v) is 2.57. The lowest BCUT2D eigenvalue weighted by Crippen LogP contribution is -2.53. The van der Waals surface area contributed by atoms with Crippen LogP contribution >= 0.6 is 0 Å². The largest absolute Gasteiger partial charge is 0.374 e. The Morgan fingerprint density at radius 2 is 2.32 bits per heavy atom. The van der Waals surface area contributed by atoms with Crippen molar-refractivity contribution in [2.75, 3.05) is 26.7 Å². The van der Waals surface area contributed by atoms with Gasteiger partial charge < -0.3 is 10.1 Å². The van der Waals surface area contributed by atoms with Crippen molar-refractivity contribution in [1.29, 1.82) is 0 Å². The maximum absolute atomic E-state index is 5.95. The van der Waals surface area contributed by atoms with Crippen molar-refractivity contribution in [3.63, 3.8) is 0 Å². The zero-order valence-electron chi connectivity index (χ0n) is 12.2. The highest BCUT2D eigenvalue weighted by atomic mass is 16.5. The summed E-state index contributed by atoms with van der Waals surface area (Å²) in [6, 6.07) is 6.97. The highest BCUT2D eigenvalue weighted by Gasteiger charge is 2.28. The molecule has 2 unspecified atom stereocenters. The first-order chi connectivity index (χ1) is 9.20. The van der Waals surface area contributed by atoms with Crippen molar-refractivity contribution >= 4 is 0 Å². The number of rotatable bonds is 5. The second-order valence-electron chi connectivity index (χ2n) is 5.42. The summed E-state index contributed by atoms with van der Waals surface area (Å²) in [5.74, 6) is 0. The normalized spacial score (nSPS) is 22.6. The number of nitrogens with one attached hydrogen (secondary N) is 1. The van der Waals surface area contributed by atoms with E-state index >= 15 is 0 Å². The first-order valence-electron chi connectivity index (χ1n) is 7.13. The number of pyridine rings is 1. The topological polar surface area (TPSA) is 37.4 Å². The molecule has 4 nitrogen and oxygen atoms in total. The van der Waals surface area contributed by atoms with E-state index in [0.717, 1.165) is 31.8 Å². The van der Waals surface area contributed by atoms with Crippen LogP contribution in [0.4, 0.5) is 0 Å². The van der Waals surface area contributed by atoms with Crippen LogP contribution in [0.1, 0.15) is 19.5 Å². The Labute approximate surface area is 116 Å². The first-order valence-corrected chi connectivity index (χ1v) is 7.13. The van der Waals surface area contributed by atoms with Gasteiger partial charge in [0.25, 0.3) is 0 Å². The molecule has 1 saturated heterocycles. The third-order valence-electron chi connectivity index (χ3n) is 3.83. The van der Waals surface area contributed by atoms with E-state index in [2.05, 4.69) is 35.1 Å². The average molecular weight is 263 g/mol. The van der Waals surface area contributed by atoms with Gasteiger partial charge in [-0.3, -0.25) is 9.88 Å². The van der Waals surface area contributed by atoms with E-state index in [-0.39, 0.29) is 6.10 Å². The molecule has 1 N–H and O–H groups in total. The Morgan fingerprint density at radius 3 is 2.95 bits per heavy atom. The lowest BCUT2D eigenvalue weighted by Gasteiger charge is -2.38. The summed E-state index contributed by atoms with van der Waals surface area (Å²) >= 11 is 0. The molecular weight excluding hydrogens is 238 g/mol. The van der Waals surface area contributed by atoms with Crippen molar-refractivity contribution in [1.82, 2.24) is 15.2 Å². The van der Waals surface area contributed by atoms with Crippen molar-refractivity contribution in [3.8, 4) is 0 Å². The third-order valence-corrected chi connectivity index (χ3v) is 3.83. The zero-order chi connectivity index (χ0) is 13.7. The van der Waals surface area contributed by atoms with E-state index in [1.54, 1.807) is 0 Å². The van der Waals surface area contributed by atoms with Gasteiger partial charge in [0.15, 0.2) is 0 Å². The number of hydrogen-bond acceptors (Lipinski definition) is 4. The number of nitrogens with zero attached hydrogens (tertiary/aromatic N) is 2. The second-order valence-corrected chi connectivity index (χ2v) is 5.42. The minimum absolute atomic E-state index is 0.239. The molecule has 1 aromatic rings. The summed E-state index contributed by atoms with van der Waals surface area (Å²) in [4.78, 5) is 6.89. The molecule has 19 heavy (non-hydrogen) atoms. The van der Waals surface area contributed by atoms with Gasteiger partial charge in [0, 0.05) is 43.5 Å². The summed E-state index contributed by atoms with van der Waals surface area (Å²) in [5.41, 5.74) is 1.12. The van der Waals surface area contributed by atoms with Gasteiger partial charge in [-0.15, -0.1) is 0 Å². The molecule has 0 bridgehead atoms. The summed E-state index contributed by atoms with van der Waals surface area (Å²) in [7, 11) is 2.01. The summed E-state index contributed by atoms with van der Waals surface area (Å²) in [5, 5.41) is 3.39. The van der Waals surface area contributed by atoms with Crippen LogP contribution in [0.3, 0.4) is 0 Å². The maximum atomic E-state index is 5.95. The summed E-state index contributed by atoms with van der Waals surface area (Å²) < 4.78 is 5.95. The third kappa shape index (κ3) is 4.00. The lowest BCUT2D eigenvalue weighted by molar-refractivity contribution is -0.0543. The highest BCUT2D eigenvalue weighted by Crippen LogP contribution is 2.14. The van der Waals surface area contributed by atoms with Gasteiger partial charge in [0.05, 0.1) is 12.7 Å². The van der Waals surface area contributed by atoms with Crippen LogP contribution in [0.5, 0.6) is 0 Å². The predicted octanol–water partition coefficient (Wildman–Crippen LogP) is 1.32. The van der Waals surface area contributed by atoms with Gasteiger partial charge in [-0.25, -0.2) is 0 Å². The standard InChI is InChI=1S/C15H25N3O/c1-12(2)18-8-9-19-15(11-18)14(16-3)10-13-6-4-5-7-17-13/h4-7,12,14-16H,8-11H2,1-3H3. The van der Waals surface area contributed by atoms with E-state index in [0.29, 0.717) is 12.1 Å². The van der Waals surface area contributed by atoms with E-state index in [9.17, 15) is 0 Å². The van der Waals surface area contributed by atoms with E-state index in [4.69, 9.17) is 4.74 Å².